The van der Waals surface area contributed by atoms with Crippen LogP contribution in [0.3, 0.4) is 0 Å². The molecule has 0 saturated heterocycles. The fraction of sp³-hybridized carbons (Fsp3) is 0.600. The highest BCUT2D eigenvalue weighted by molar-refractivity contribution is 6.27. The molecule has 4 aromatic rings. The van der Waals surface area contributed by atoms with Crippen LogP contribution in [0.2, 0.25) is 0 Å². The molecule has 0 aromatic heterocycles. The fourth-order valence-corrected chi connectivity index (χ4v) is 7.56. The summed E-state index contributed by atoms with van der Waals surface area (Å²) in [7, 11) is 0. The van der Waals surface area contributed by atoms with Gasteiger partial charge in [-0.3, -0.25) is 28.8 Å². The van der Waals surface area contributed by atoms with Gasteiger partial charge in [-0.15, -0.1) is 0 Å². The molecule has 18 nitrogen and oxygen atoms in total. The molecule has 4 aromatic carbocycles. The van der Waals surface area contributed by atoms with Gasteiger partial charge in [0, 0.05) is 39.6 Å². The molecular weight excluding hydrogens is 1010 g/mol. The average Bonchev–Trinajstić information content (AvgIpc) is 3.58. The van der Waals surface area contributed by atoms with Crippen LogP contribution in [0.1, 0.15) is 157 Å². The van der Waals surface area contributed by atoms with Crippen LogP contribution in [0.25, 0.3) is 32.3 Å². The quantitative estimate of drug-likeness (QED) is 0.0175. The van der Waals surface area contributed by atoms with Crippen LogP contribution < -0.4 is 28.4 Å². The zero-order valence-corrected chi connectivity index (χ0v) is 47.0. The van der Waals surface area contributed by atoms with Crippen molar-refractivity contribution < 1.29 is 85.6 Å². The van der Waals surface area contributed by atoms with Crippen LogP contribution >= 0.6 is 0 Å². The maximum Gasteiger partial charge on any atom is 0.313 e. The first-order valence-corrected chi connectivity index (χ1v) is 28.2. The van der Waals surface area contributed by atoms with Crippen molar-refractivity contribution in [1.29, 1.82) is 0 Å². The molecule has 0 atom stereocenters. The summed E-state index contributed by atoms with van der Waals surface area (Å²) in [6.45, 7) is 15.4. The summed E-state index contributed by atoms with van der Waals surface area (Å²) in [4.78, 5) is 81.5. The maximum absolute atomic E-state index is 13.6. The topological polar surface area (TPSA) is 213 Å². The number of rotatable bonds is 42. The van der Waals surface area contributed by atoms with E-state index in [1.165, 1.54) is 36.4 Å². The monoisotopic (exact) mass is 1090 g/mol. The van der Waals surface area contributed by atoms with Crippen LogP contribution in [-0.4, -0.2) is 115 Å². The van der Waals surface area contributed by atoms with Crippen LogP contribution in [0.4, 0.5) is 0 Å². The minimum Gasteiger partial charge on any atom is -0.422 e. The number of fused-ring (bicyclic) bond motifs is 6. The Kier molecular flexibility index (Phi) is 31.5. The second-order valence-corrected chi connectivity index (χ2v) is 18.7. The lowest BCUT2D eigenvalue weighted by Gasteiger charge is -2.19. The fourth-order valence-electron chi connectivity index (χ4n) is 7.56. The second kappa shape index (κ2) is 37.9. The van der Waals surface area contributed by atoms with E-state index in [9.17, 15) is 28.8 Å². The third-order valence-corrected chi connectivity index (χ3v) is 12.0. The predicted octanol–water partition coefficient (Wildman–Crippen LogP) is 11.8. The molecule has 0 spiro atoms. The Labute approximate surface area is 459 Å². The van der Waals surface area contributed by atoms with Gasteiger partial charge in [-0.1, -0.05) is 80.1 Å². The number of hydrogen-bond donors (Lipinski definition) is 0. The third-order valence-electron chi connectivity index (χ3n) is 12.0. The smallest absolute Gasteiger partial charge is 0.313 e. The first-order chi connectivity index (χ1) is 38.0. The molecule has 0 aliphatic heterocycles. The van der Waals surface area contributed by atoms with Gasteiger partial charge in [-0.2, -0.15) is 0 Å². The van der Waals surface area contributed by atoms with Crippen LogP contribution in [-0.2, 0) is 57.2 Å². The Bertz CT molecular complexity index is 2030. The molecule has 0 fully saturated rings. The van der Waals surface area contributed by atoms with Crippen molar-refractivity contribution in [2.75, 3.05) is 79.3 Å². The first kappa shape index (κ1) is 64.8. The van der Waals surface area contributed by atoms with Crippen molar-refractivity contribution in [1.82, 2.24) is 0 Å². The maximum atomic E-state index is 13.6. The number of carbonyl (C=O) groups excluding carboxylic acids is 6. The molecule has 0 aliphatic carbocycles. The summed E-state index contributed by atoms with van der Waals surface area (Å²) in [5.41, 5.74) is 0. The van der Waals surface area contributed by atoms with Crippen molar-refractivity contribution in [3.8, 4) is 34.5 Å². The van der Waals surface area contributed by atoms with E-state index >= 15 is 0 Å². The molecule has 0 radical (unpaired) electrons. The standard InChI is InChI=1S/C60H84O18/c1-7-13-25-67-31-19-55(61)73-49-37-43-44(38-50(49)74-56(62)20-32-68-26-14-8-2)46-40-52(76-58(64)22-34-70-28-16-10-4)54(78-60(66)24-36-72-30-18-12-6)42-48(46)47-41-53(77-59(65)23-35-71-29-17-11-5)51(39-45(43)47)75-57(63)21-33-69-27-15-9-3/h37-42H,7-36H2,1-6H3. The molecule has 0 aliphatic rings. The van der Waals surface area contributed by atoms with Gasteiger partial charge in [0.25, 0.3) is 0 Å². The zero-order valence-electron chi connectivity index (χ0n) is 47.0. The molecule has 0 N–H and O–H groups in total. The highest BCUT2D eigenvalue weighted by atomic mass is 16.6. The van der Waals surface area contributed by atoms with Gasteiger partial charge < -0.3 is 56.8 Å². The third kappa shape index (κ3) is 23.3. The molecule has 432 valence electrons. The van der Waals surface area contributed by atoms with Gasteiger partial charge in [-0.05, 0) is 107 Å². The van der Waals surface area contributed by atoms with Crippen LogP contribution in [0.5, 0.6) is 34.5 Å². The summed E-state index contributed by atoms with van der Waals surface area (Å²) >= 11 is 0. The van der Waals surface area contributed by atoms with E-state index in [2.05, 4.69) is 0 Å². The summed E-state index contributed by atoms with van der Waals surface area (Å²) < 4.78 is 69.8. The summed E-state index contributed by atoms with van der Waals surface area (Å²) in [5, 5.41) is 2.25. The highest BCUT2D eigenvalue weighted by Gasteiger charge is 2.25. The van der Waals surface area contributed by atoms with Gasteiger partial charge in [0.05, 0.1) is 78.2 Å². The molecule has 0 saturated carbocycles. The van der Waals surface area contributed by atoms with Gasteiger partial charge in [0.2, 0.25) is 0 Å². The molecule has 0 amide bonds. The number of unbranched alkanes of at least 4 members (excludes halogenated alkanes) is 6. The van der Waals surface area contributed by atoms with E-state index in [4.69, 9.17) is 56.8 Å². The Hall–Kier alpha value is -5.76. The predicted molar refractivity (Wildman–Crippen MR) is 295 cm³/mol. The molecular formula is C60H84O18. The zero-order chi connectivity index (χ0) is 56.3. The van der Waals surface area contributed by atoms with E-state index in [-0.39, 0.29) is 113 Å². The number of benzene rings is 4. The Morgan fingerprint density at radius 2 is 0.385 bits per heavy atom. The minimum absolute atomic E-state index is 0.0834. The van der Waals surface area contributed by atoms with Crippen LogP contribution in [0, 0.1) is 0 Å². The van der Waals surface area contributed by atoms with Gasteiger partial charge in [0.15, 0.2) is 34.5 Å². The lowest BCUT2D eigenvalue weighted by Crippen LogP contribution is -2.16. The largest absolute Gasteiger partial charge is 0.422 e. The van der Waals surface area contributed by atoms with E-state index in [0.717, 1.165) is 77.0 Å². The Balaban J connectivity index is 2.05. The first-order valence-electron chi connectivity index (χ1n) is 28.2. The van der Waals surface area contributed by atoms with Crippen molar-refractivity contribution in [3.63, 3.8) is 0 Å². The number of carbonyl (C=O) groups is 6. The Morgan fingerprint density at radius 1 is 0.244 bits per heavy atom. The molecule has 18 heteroatoms. The number of ether oxygens (including phenoxy) is 12. The van der Waals surface area contributed by atoms with Gasteiger partial charge >= 0.3 is 35.8 Å². The van der Waals surface area contributed by atoms with Crippen molar-refractivity contribution in [3.05, 3.63) is 36.4 Å². The molecule has 4 rings (SSSR count). The average molecular weight is 1090 g/mol. The minimum atomic E-state index is -0.671. The van der Waals surface area contributed by atoms with E-state index in [1.807, 2.05) is 41.5 Å². The Morgan fingerprint density at radius 3 is 0.513 bits per heavy atom. The lowest BCUT2D eigenvalue weighted by atomic mass is 9.93. The summed E-state index contributed by atoms with van der Waals surface area (Å²) in [6.07, 6.45) is 9.62. The van der Waals surface area contributed by atoms with E-state index in [1.54, 1.807) is 0 Å². The summed E-state index contributed by atoms with van der Waals surface area (Å²) in [6, 6.07) is 9.12. The lowest BCUT2D eigenvalue weighted by molar-refractivity contribution is -0.138. The van der Waals surface area contributed by atoms with Crippen molar-refractivity contribution >= 4 is 68.1 Å². The van der Waals surface area contributed by atoms with Crippen molar-refractivity contribution in [2.45, 2.75) is 157 Å². The highest BCUT2D eigenvalue weighted by Crippen LogP contribution is 2.47. The normalized spacial score (nSPS) is 11.3. The molecule has 78 heavy (non-hydrogen) atoms. The SMILES string of the molecule is CCCCOCCC(=O)Oc1cc2c3cc(OC(=O)CCOCCCC)c(OC(=O)CCOCCCC)cc3c3cc(OC(=O)CCOCCCC)c(OC(=O)CCOCCCC)cc3c2cc1OC(=O)CCOCCCC. The number of esters is 6. The van der Waals surface area contributed by atoms with Gasteiger partial charge in [0.1, 0.15) is 0 Å². The van der Waals surface area contributed by atoms with Crippen molar-refractivity contribution in [2.24, 2.45) is 0 Å². The second-order valence-electron chi connectivity index (χ2n) is 18.7. The van der Waals surface area contributed by atoms with E-state index in [0.29, 0.717) is 72.0 Å². The molecule has 0 heterocycles. The molecule has 0 unspecified atom stereocenters. The molecule has 0 bridgehead atoms. The summed E-state index contributed by atoms with van der Waals surface area (Å²) in [5.74, 6) is -4.75. The van der Waals surface area contributed by atoms with E-state index < -0.39 is 35.8 Å². The van der Waals surface area contributed by atoms with Gasteiger partial charge in [-0.25, -0.2) is 0 Å². The van der Waals surface area contributed by atoms with Crippen LogP contribution in [0.15, 0.2) is 36.4 Å². The number of hydrogen-bond acceptors (Lipinski definition) is 18.